The Kier molecular flexibility index (Phi) is 10.2. The average Bonchev–Trinajstić information content (AvgIpc) is 2.38. The molecule has 0 aromatic carbocycles. The van der Waals surface area contributed by atoms with Gasteiger partial charge in [-0.15, -0.1) is 0 Å². The van der Waals surface area contributed by atoms with Gasteiger partial charge in [0.05, 0.1) is 25.4 Å². The van der Waals surface area contributed by atoms with Crippen molar-refractivity contribution in [2.45, 2.75) is 24.7 Å². The number of carboxylic acids is 1. The molecule has 7 nitrogen and oxygen atoms in total. The normalized spacial score (nSPS) is 16.3. The van der Waals surface area contributed by atoms with Crippen LogP contribution in [0.4, 0.5) is 0 Å². The predicted octanol–water partition coefficient (Wildman–Crippen LogP) is -1.80. The number of nitrogens with zero attached hydrogens (tertiary/aromatic N) is 1. The Morgan fingerprint density at radius 2 is 1.63 bits per heavy atom. The molecule has 2 unspecified atom stereocenters. The summed E-state index contributed by atoms with van der Waals surface area (Å²) in [5, 5.41) is 45.7. The molecule has 0 aliphatic heterocycles. The van der Waals surface area contributed by atoms with E-state index in [1.54, 1.807) is 0 Å². The van der Waals surface area contributed by atoms with Gasteiger partial charge < -0.3 is 25.5 Å². The number of hydrogen-bond donors (Lipinski definition) is 5. The van der Waals surface area contributed by atoms with E-state index in [1.807, 2.05) is 6.26 Å². The van der Waals surface area contributed by atoms with E-state index in [1.165, 1.54) is 16.7 Å². The average molecular weight is 297 g/mol. The molecule has 0 saturated carbocycles. The van der Waals surface area contributed by atoms with E-state index in [9.17, 15) is 20.1 Å². The van der Waals surface area contributed by atoms with Crippen LogP contribution in [-0.4, -0.2) is 93.0 Å². The van der Waals surface area contributed by atoms with Crippen molar-refractivity contribution in [1.29, 1.82) is 0 Å². The van der Waals surface area contributed by atoms with E-state index in [-0.39, 0.29) is 13.1 Å². The predicted molar refractivity (Wildman–Crippen MR) is 72.2 cm³/mol. The highest BCUT2D eigenvalue weighted by Crippen LogP contribution is 2.11. The molecule has 0 saturated heterocycles. The van der Waals surface area contributed by atoms with Crippen molar-refractivity contribution < 1.29 is 30.3 Å². The van der Waals surface area contributed by atoms with Crippen LogP contribution >= 0.6 is 11.8 Å². The minimum atomic E-state index is -1.08. The monoisotopic (exact) mass is 297 g/mol. The van der Waals surface area contributed by atoms with Crippen LogP contribution < -0.4 is 0 Å². The standard InChI is InChI=1S/C11H23NO6S/c1-19-3-2-10(11(17)18)12(4-8(15)6-13)5-9(16)7-14/h8-10,13-16H,2-7H2,1H3,(H,17,18)/t8?,9?,10-/m0/s1. The van der Waals surface area contributed by atoms with Gasteiger partial charge in [-0.05, 0) is 18.4 Å². The van der Waals surface area contributed by atoms with Crippen LogP contribution in [0.15, 0.2) is 0 Å². The second kappa shape index (κ2) is 10.4. The van der Waals surface area contributed by atoms with Gasteiger partial charge in [0.15, 0.2) is 0 Å². The third kappa shape index (κ3) is 7.71. The quantitative estimate of drug-likeness (QED) is 0.303. The van der Waals surface area contributed by atoms with Crippen molar-refractivity contribution in [2.75, 3.05) is 38.3 Å². The lowest BCUT2D eigenvalue weighted by Gasteiger charge is -2.31. The summed E-state index contributed by atoms with van der Waals surface area (Å²) < 4.78 is 0. The zero-order valence-electron chi connectivity index (χ0n) is 11.0. The third-order valence-electron chi connectivity index (χ3n) is 2.63. The SMILES string of the molecule is CSCC[C@@H](C(=O)O)N(CC(O)CO)CC(O)CO. The van der Waals surface area contributed by atoms with Gasteiger partial charge >= 0.3 is 5.97 Å². The molecule has 0 spiro atoms. The smallest absolute Gasteiger partial charge is 0.320 e. The maximum atomic E-state index is 11.2. The molecule has 0 aromatic heterocycles. The first-order chi connectivity index (χ1) is 8.96. The van der Waals surface area contributed by atoms with Gasteiger partial charge in [0.2, 0.25) is 0 Å². The van der Waals surface area contributed by atoms with Crippen LogP contribution in [0.5, 0.6) is 0 Å². The lowest BCUT2D eigenvalue weighted by atomic mass is 10.1. The number of aliphatic hydroxyl groups is 4. The lowest BCUT2D eigenvalue weighted by molar-refractivity contribution is -0.144. The molecule has 0 heterocycles. The lowest BCUT2D eigenvalue weighted by Crippen LogP contribution is -2.49. The van der Waals surface area contributed by atoms with Crippen LogP contribution in [0, 0.1) is 0 Å². The number of carbonyl (C=O) groups is 1. The van der Waals surface area contributed by atoms with Gasteiger partial charge in [0.25, 0.3) is 0 Å². The Balaban J connectivity index is 4.76. The molecular weight excluding hydrogens is 274 g/mol. The highest BCUT2D eigenvalue weighted by molar-refractivity contribution is 7.98. The van der Waals surface area contributed by atoms with Gasteiger partial charge in [-0.2, -0.15) is 11.8 Å². The molecule has 0 amide bonds. The Morgan fingerprint density at radius 1 is 1.16 bits per heavy atom. The highest BCUT2D eigenvalue weighted by Gasteiger charge is 2.28. The van der Waals surface area contributed by atoms with E-state index in [4.69, 9.17) is 10.2 Å². The molecule has 0 aromatic rings. The minimum Gasteiger partial charge on any atom is -0.480 e. The van der Waals surface area contributed by atoms with Gasteiger partial charge in [-0.25, -0.2) is 0 Å². The summed E-state index contributed by atoms with van der Waals surface area (Å²) in [6.45, 7) is -1.11. The van der Waals surface area contributed by atoms with Crippen molar-refractivity contribution in [3.05, 3.63) is 0 Å². The summed E-state index contributed by atoms with van der Waals surface area (Å²) in [6, 6.07) is -0.866. The Labute approximate surface area is 116 Å². The molecule has 0 fully saturated rings. The van der Waals surface area contributed by atoms with E-state index in [0.29, 0.717) is 12.2 Å². The first-order valence-electron chi connectivity index (χ1n) is 5.99. The van der Waals surface area contributed by atoms with Gasteiger partial charge in [0, 0.05) is 13.1 Å². The Morgan fingerprint density at radius 3 is 1.95 bits per heavy atom. The second-order valence-corrected chi connectivity index (χ2v) is 5.25. The van der Waals surface area contributed by atoms with Crippen LogP contribution in [0.2, 0.25) is 0 Å². The second-order valence-electron chi connectivity index (χ2n) is 4.26. The minimum absolute atomic E-state index is 0.0705. The molecular formula is C11H23NO6S. The van der Waals surface area contributed by atoms with E-state index >= 15 is 0 Å². The third-order valence-corrected chi connectivity index (χ3v) is 3.28. The molecule has 5 N–H and O–H groups in total. The van der Waals surface area contributed by atoms with E-state index in [0.717, 1.165) is 0 Å². The first-order valence-corrected chi connectivity index (χ1v) is 7.39. The molecule has 0 rings (SSSR count). The zero-order chi connectivity index (χ0) is 14.8. The van der Waals surface area contributed by atoms with Crippen LogP contribution in [0.1, 0.15) is 6.42 Å². The van der Waals surface area contributed by atoms with Gasteiger partial charge in [-0.1, -0.05) is 0 Å². The van der Waals surface area contributed by atoms with Gasteiger partial charge in [-0.3, -0.25) is 9.69 Å². The van der Waals surface area contributed by atoms with E-state index in [2.05, 4.69) is 0 Å². The van der Waals surface area contributed by atoms with E-state index < -0.39 is 37.4 Å². The number of aliphatic hydroxyl groups excluding tert-OH is 4. The number of carboxylic acid groups (broad SMARTS) is 1. The van der Waals surface area contributed by atoms with Crippen LogP contribution in [-0.2, 0) is 4.79 Å². The summed E-state index contributed by atoms with van der Waals surface area (Å²) in [5.74, 6) is -0.429. The Bertz CT molecular complexity index is 243. The van der Waals surface area contributed by atoms with Crippen molar-refractivity contribution in [3.8, 4) is 0 Å². The Hall–Kier alpha value is -0.380. The fourth-order valence-electron chi connectivity index (χ4n) is 1.68. The first kappa shape index (κ1) is 18.6. The maximum Gasteiger partial charge on any atom is 0.320 e. The van der Waals surface area contributed by atoms with Crippen LogP contribution in [0.3, 0.4) is 0 Å². The highest BCUT2D eigenvalue weighted by atomic mass is 32.2. The topological polar surface area (TPSA) is 121 Å². The van der Waals surface area contributed by atoms with Crippen molar-refractivity contribution in [3.63, 3.8) is 0 Å². The van der Waals surface area contributed by atoms with Crippen LogP contribution in [0.25, 0.3) is 0 Å². The maximum absolute atomic E-state index is 11.2. The fourth-order valence-corrected chi connectivity index (χ4v) is 2.14. The summed E-state index contributed by atoms with van der Waals surface area (Å²) in [4.78, 5) is 12.6. The summed E-state index contributed by atoms with van der Waals surface area (Å²) in [6.07, 6.45) is 0.0466. The number of hydrogen-bond acceptors (Lipinski definition) is 7. The summed E-state index contributed by atoms with van der Waals surface area (Å²) in [5.41, 5.74) is 0. The zero-order valence-corrected chi connectivity index (χ0v) is 11.8. The molecule has 0 aliphatic carbocycles. The summed E-state index contributed by atoms with van der Waals surface area (Å²) in [7, 11) is 0. The number of thioether (sulfide) groups is 1. The van der Waals surface area contributed by atoms with Crippen molar-refractivity contribution >= 4 is 17.7 Å². The van der Waals surface area contributed by atoms with Crippen molar-refractivity contribution in [1.82, 2.24) is 4.90 Å². The fraction of sp³-hybridized carbons (Fsp3) is 0.909. The number of rotatable bonds is 11. The number of aliphatic carboxylic acids is 1. The molecule has 8 heteroatoms. The largest absolute Gasteiger partial charge is 0.480 e. The molecule has 3 atom stereocenters. The van der Waals surface area contributed by atoms with Gasteiger partial charge in [0.1, 0.15) is 6.04 Å². The molecule has 19 heavy (non-hydrogen) atoms. The molecule has 114 valence electrons. The summed E-state index contributed by atoms with van der Waals surface area (Å²) >= 11 is 1.50. The molecule has 0 aliphatic rings. The molecule has 0 radical (unpaired) electrons. The molecule has 0 bridgehead atoms. The van der Waals surface area contributed by atoms with Crippen molar-refractivity contribution in [2.24, 2.45) is 0 Å².